The van der Waals surface area contributed by atoms with E-state index < -0.39 is 5.54 Å². The Balaban J connectivity index is 1.50. The lowest BCUT2D eigenvalue weighted by molar-refractivity contribution is -0.148. The predicted molar refractivity (Wildman–Crippen MR) is 145 cm³/mol. The third-order valence-corrected chi connectivity index (χ3v) is 9.08. The van der Waals surface area contributed by atoms with E-state index in [2.05, 4.69) is 31.3 Å². The van der Waals surface area contributed by atoms with Crippen LogP contribution in [0, 0.1) is 11.8 Å². The highest BCUT2D eigenvalue weighted by atomic mass is 35.5. The van der Waals surface area contributed by atoms with Gasteiger partial charge in [-0.3, -0.25) is 0 Å². The SMILES string of the molecule is COC(=O)C1(Nc2cccc(Cl)c2)CCC2(CC1)c1cc3c(cc1C[C@@H]2C[C@@H](C)CO)O[C@@H](C)CCO3. The molecule has 2 aromatic rings. The number of ether oxygens (including phenoxy) is 3. The van der Waals surface area contributed by atoms with Gasteiger partial charge >= 0.3 is 5.97 Å². The third-order valence-electron chi connectivity index (χ3n) is 8.84. The summed E-state index contributed by atoms with van der Waals surface area (Å²) in [6, 6.07) is 11.9. The van der Waals surface area contributed by atoms with Gasteiger partial charge in [-0.15, -0.1) is 0 Å². The van der Waals surface area contributed by atoms with Crippen LogP contribution in [0.3, 0.4) is 0 Å². The van der Waals surface area contributed by atoms with Gasteiger partial charge in [0.25, 0.3) is 0 Å². The zero-order valence-corrected chi connectivity index (χ0v) is 22.8. The summed E-state index contributed by atoms with van der Waals surface area (Å²) in [5.41, 5.74) is 2.53. The Hall–Kier alpha value is -2.44. The molecule has 2 aromatic carbocycles. The molecule has 3 aliphatic rings. The van der Waals surface area contributed by atoms with Gasteiger partial charge in [0.2, 0.25) is 0 Å². The van der Waals surface area contributed by atoms with Crippen LogP contribution in [0.25, 0.3) is 0 Å². The Morgan fingerprint density at radius 2 is 2.00 bits per heavy atom. The molecule has 0 unspecified atom stereocenters. The first-order valence-electron chi connectivity index (χ1n) is 13.5. The van der Waals surface area contributed by atoms with Gasteiger partial charge in [-0.1, -0.05) is 24.6 Å². The van der Waals surface area contributed by atoms with E-state index in [0.717, 1.165) is 49.3 Å². The second-order valence-corrected chi connectivity index (χ2v) is 11.7. The van der Waals surface area contributed by atoms with Crippen LogP contribution in [0.4, 0.5) is 5.69 Å². The van der Waals surface area contributed by atoms with E-state index in [9.17, 15) is 9.90 Å². The molecule has 7 heteroatoms. The Morgan fingerprint density at radius 1 is 1.22 bits per heavy atom. The van der Waals surface area contributed by atoms with Crippen LogP contribution in [-0.2, 0) is 21.4 Å². The molecule has 2 aliphatic carbocycles. The second kappa shape index (κ2) is 10.4. The molecule has 5 rings (SSSR count). The number of nitrogens with one attached hydrogen (secondary N) is 1. The topological polar surface area (TPSA) is 77.0 Å². The van der Waals surface area contributed by atoms with Crippen molar-refractivity contribution < 1.29 is 24.1 Å². The summed E-state index contributed by atoms with van der Waals surface area (Å²) in [7, 11) is 1.46. The highest BCUT2D eigenvalue weighted by molar-refractivity contribution is 6.30. The maximum absolute atomic E-state index is 13.2. The highest BCUT2D eigenvalue weighted by Crippen LogP contribution is 2.58. The third kappa shape index (κ3) is 4.90. The fourth-order valence-corrected chi connectivity index (χ4v) is 7.01. The second-order valence-electron chi connectivity index (χ2n) is 11.3. The smallest absolute Gasteiger partial charge is 0.331 e. The number of hydrogen-bond acceptors (Lipinski definition) is 6. The fraction of sp³-hybridized carbons (Fsp3) is 0.567. The Bertz CT molecular complexity index is 1140. The molecule has 3 atom stereocenters. The summed E-state index contributed by atoms with van der Waals surface area (Å²) in [6.07, 6.45) is 5.80. The van der Waals surface area contributed by atoms with Crippen LogP contribution in [0.5, 0.6) is 11.5 Å². The van der Waals surface area contributed by atoms with Crippen molar-refractivity contribution in [1.29, 1.82) is 0 Å². The molecule has 2 N–H and O–H groups in total. The van der Waals surface area contributed by atoms with Crippen molar-refractivity contribution in [3.05, 3.63) is 52.5 Å². The van der Waals surface area contributed by atoms with Gasteiger partial charge in [0.15, 0.2) is 11.5 Å². The Morgan fingerprint density at radius 3 is 2.70 bits per heavy atom. The first-order chi connectivity index (χ1) is 17.8. The molecule has 0 saturated heterocycles. The minimum Gasteiger partial charge on any atom is -0.490 e. The average molecular weight is 528 g/mol. The van der Waals surface area contributed by atoms with Crippen molar-refractivity contribution in [2.24, 2.45) is 11.8 Å². The predicted octanol–water partition coefficient (Wildman–Crippen LogP) is 5.92. The van der Waals surface area contributed by atoms with Crippen molar-refractivity contribution in [2.75, 3.05) is 25.6 Å². The largest absolute Gasteiger partial charge is 0.490 e. The molecule has 37 heavy (non-hydrogen) atoms. The van der Waals surface area contributed by atoms with Crippen LogP contribution < -0.4 is 14.8 Å². The number of aliphatic hydroxyl groups excluding tert-OH is 1. The minimum absolute atomic E-state index is 0.0946. The average Bonchev–Trinajstić information content (AvgIpc) is 3.02. The molecule has 1 heterocycles. The lowest BCUT2D eigenvalue weighted by atomic mass is 9.59. The van der Waals surface area contributed by atoms with E-state index in [1.165, 1.54) is 18.2 Å². The number of anilines is 1. The molecule has 6 nitrogen and oxygen atoms in total. The monoisotopic (exact) mass is 527 g/mol. The van der Waals surface area contributed by atoms with Gasteiger partial charge in [0.1, 0.15) is 5.54 Å². The van der Waals surface area contributed by atoms with Crippen LogP contribution in [0.2, 0.25) is 5.02 Å². The first-order valence-corrected chi connectivity index (χ1v) is 13.9. The number of fused-ring (bicyclic) bond motifs is 3. The molecule has 1 fully saturated rings. The molecule has 1 spiro atoms. The molecule has 200 valence electrons. The van der Waals surface area contributed by atoms with Crippen molar-refractivity contribution >= 4 is 23.3 Å². The summed E-state index contributed by atoms with van der Waals surface area (Å²) in [5.74, 6) is 1.99. The number of esters is 1. The number of halogens is 1. The lowest BCUT2D eigenvalue weighted by Crippen LogP contribution is -2.53. The summed E-state index contributed by atoms with van der Waals surface area (Å²) in [4.78, 5) is 13.2. The van der Waals surface area contributed by atoms with E-state index in [1.807, 2.05) is 24.3 Å². The maximum Gasteiger partial charge on any atom is 0.331 e. The maximum atomic E-state index is 13.2. The normalized spacial score (nSPS) is 29.3. The Kier molecular flexibility index (Phi) is 7.34. The molecule has 1 saturated carbocycles. The minimum atomic E-state index is -0.818. The molecule has 1 aliphatic heterocycles. The van der Waals surface area contributed by atoms with E-state index in [1.54, 1.807) is 0 Å². The summed E-state index contributed by atoms with van der Waals surface area (Å²) in [6.45, 7) is 5.01. The van der Waals surface area contributed by atoms with Crippen molar-refractivity contribution in [3.63, 3.8) is 0 Å². The lowest BCUT2D eigenvalue weighted by Gasteiger charge is -2.47. The summed E-state index contributed by atoms with van der Waals surface area (Å²) < 4.78 is 17.7. The zero-order chi connectivity index (χ0) is 26.2. The van der Waals surface area contributed by atoms with Crippen LogP contribution >= 0.6 is 11.6 Å². The van der Waals surface area contributed by atoms with Crippen LogP contribution in [-0.4, -0.2) is 43.0 Å². The number of hydrogen-bond donors (Lipinski definition) is 2. The number of carbonyl (C=O) groups excluding carboxylic acids is 1. The van der Waals surface area contributed by atoms with E-state index in [-0.39, 0.29) is 30.0 Å². The summed E-state index contributed by atoms with van der Waals surface area (Å²) in [5, 5.41) is 14.0. The molecular weight excluding hydrogens is 490 g/mol. The number of rotatable bonds is 6. The highest BCUT2D eigenvalue weighted by Gasteiger charge is 2.54. The molecule has 0 amide bonds. The number of aliphatic hydroxyl groups is 1. The molecule has 0 bridgehead atoms. The van der Waals surface area contributed by atoms with Gasteiger partial charge in [-0.2, -0.15) is 0 Å². The van der Waals surface area contributed by atoms with Gasteiger partial charge < -0.3 is 24.6 Å². The van der Waals surface area contributed by atoms with Gasteiger partial charge in [0, 0.05) is 23.7 Å². The Labute approximate surface area is 224 Å². The molecular formula is C30H38ClNO5. The van der Waals surface area contributed by atoms with Gasteiger partial charge in [0.05, 0.1) is 19.8 Å². The quantitative estimate of drug-likeness (QED) is 0.454. The first kappa shape index (κ1) is 26.2. The fourth-order valence-electron chi connectivity index (χ4n) is 6.82. The van der Waals surface area contributed by atoms with E-state index >= 15 is 0 Å². The number of benzene rings is 2. The van der Waals surface area contributed by atoms with E-state index in [0.29, 0.717) is 30.4 Å². The van der Waals surface area contributed by atoms with Crippen molar-refractivity contribution in [1.82, 2.24) is 0 Å². The van der Waals surface area contributed by atoms with Crippen LogP contribution in [0.15, 0.2) is 36.4 Å². The van der Waals surface area contributed by atoms with Gasteiger partial charge in [-0.25, -0.2) is 4.79 Å². The van der Waals surface area contributed by atoms with Crippen molar-refractivity contribution in [2.45, 2.75) is 75.9 Å². The van der Waals surface area contributed by atoms with Crippen molar-refractivity contribution in [3.8, 4) is 11.5 Å². The standard InChI is InChI=1S/C30H38ClNO5/c1-19(18-33)13-22-14-21-15-27-26(36-12-7-20(2)37-27)17-25(21)29(22)8-10-30(11-9-29,28(34)35-3)32-24-6-4-5-23(31)16-24/h4-6,15-17,19-20,22,32-33H,7-14,18H2,1-3H3/t19-,20+,22+,29?,30?/m1/s1. The number of carbonyl (C=O) groups is 1. The molecule has 0 aromatic heterocycles. The summed E-state index contributed by atoms with van der Waals surface area (Å²) >= 11 is 6.24. The van der Waals surface area contributed by atoms with Gasteiger partial charge in [-0.05, 0) is 104 Å². The molecule has 0 radical (unpaired) electrons. The zero-order valence-electron chi connectivity index (χ0n) is 22.0. The number of methoxy groups -OCH3 is 1. The van der Waals surface area contributed by atoms with E-state index in [4.69, 9.17) is 25.8 Å². The van der Waals surface area contributed by atoms with Crippen LogP contribution in [0.1, 0.15) is 63.5 Å².